The van der Waals surface area contributed by atoms with Crippen LogP contribution in [0.4, 0.5) is 18.0 Å². The molecule has 1 saturated heterocycles. The largest absolute Gasteiger partial charge is 0.523 e. The smallest absolute Gasteiger partial charge is 0.463 e. The van der Waals surface area contributed by atoms with Crippen molar-refractivity contribution in [2.75, 3.05) is 39.3 Å². The number of halogens is 3. The van der Waals surface area contributed by atoms with E-state index in [4.69, 9.17) is 9.47 Å². The molecule has 0 aromatic rings. The minimum Gasteiger partial charge on any atom is -0.463 e. The van der Waals surface area contributed by atoms with Gasteiger partial charge in [-0.15, -0.1) is 13.2 Å². The zero-order valence-corrected chi connectivity index (χ0v) is 17.8. The van der Waals surface area contributed by atoms with E-state index < -0.39 is 24.0 Å². The van der Waals surface area contributed by atoms with Gasteiger partial charge in [-0.25, -0.2) is 9.59 Å². The Morgan fingerprint density at radius 3 is 2.30 bits per heavy atom. The molecule has 0 saturated carbocycles. The highest BCUT2D eigenvalue weighted by atomic mass is 19.4. The van der Waals surface area contributed by atoms with Crippen molar-refractivity contribution in [3.05, 3.63) is 23.3 Å². The van der Waals surface area contributed by atoms with E-state index in [1.807, 2.05) is 4.90 Å². The van der Waals surface area contributed by atoms with Gasteiger partial charge in [0, 0.05) is 44.7 Å². The Kier molecular flexibility index (Phi) is 7.93. The fraction of sp³-hybridized carbons (Fsp3) is 0.700. The second-order valence-corrected chi connectivity index (χ2v) is 8.18. The fourth-order valence-electron chi connectivity index (χ4n) is 3.23. The van der Waals surface area contributed by atoms with Crippen molar-refractivity contribution < 1.29 is 37.0 Å². The van der Waals surface area contributed by atoms with Crippen molar-refractivity contribution in [3.8, 4) is 0 Å². The summed E-state index contributed by atoms with van der Waals surface area (Å²) in [7, 11) is 0. The molecule has 1 amide bonds. The highest BCUT2D eigenvalue weighted by molar-refractivity contribution is 5.89. The van der Waals surface area contributed by atoms with Gasteiger partial charge in [0.05, 0.1) is 12.7 Å². The van der Waals surface area contributed by atoms with Crippen molar-refractivity contribution in [1.82, 2.24) is 9.80 Å². The van der Waals surface area contributed by atoms with Crippen molar-refractivity contribution in [3.63, 3.8) is 0 Å². The number of hydrogen-bond donors (Lipinski definition) is 0. The number of alkyl halides is 3. The lowest BCUT2D eigenvalue weighted by Gasteiger charge is -2.36. The molecule has 1 heterocycles. The Hall–Kier alpha value is -2.07. The van der Waals surface area contributed by atoms with Crippen LogP contribution < -0.4 is 0 Å². The Bertz CT molecular complexity index is 690. The van der Waals surface area contributed by atoms with Gasteiger partial charge in [0.1, 0.15) is 5.60 Å². The molecule has 2 aliphatic rings. The average Bonchev–Trinajstić information content (AvgIpc) is 2.59. The number of hydrogen-bond acceptors (Lipinski definition) is 6. The molecule has 2 rings (SSSR count). The molecular formula is C20H29F3N2O5. The average molecular weight is 434 g/mol. The van der Waals surface area contributed by atoms with Crippen LogP contribution in [0, 0.1) is 0 Å². The minimum absolute atomic E-state index is 0.132. The van der Waals surface area contributed by atoms with Gasteiger partial charge in [-0.3, -0.25) is 9.64 Å². The summed E-state index contributed by atoms with van der Waals surface area (Å²) in [5, 5.41) is 0. The molecular weight excluding hydrogens is 405 g/mol. The van der Waals surface area contributed by atoms with E-state index >= 15 is 0 Å². The van der Waals surface area contributed by atoms with Crippen LogP contribution in [0.15, 0.2) is 23.3 Å². The zero-order chi connectivity index (χ0) is 22.5. The van der Waals surface area contributed by atoms with E-state index in [0.29, 0.717) is 38.3 Å². The third-order valence-electron chi connectivity index (χ3n) is 4.43. The monoisotopic (exact) mass is 434 g/mol. The molecule has 0 aromatic carbocycles. The molecule has 1 atom stereocenters. The Balaban J connectivity index is 2.00. The van der Waals surface area contributed by atoms with Crippen molar-refractivity contribution in [1.29, 1.82) is 0 Å². The molecule has 7 nitrogen and oxygen atoms in total. The van der Waals surface area contributed by atoms with Crippen molar-refractivity contribution >= 4 is 12.1 Å². The molecule has 1 fully saturated rings. The van der Waals surface area contributed by atoms with Crippen LogP contribution in [0.25, 0.3) is 0 Å². The quantitative estimate of drug-likeness (QED) is 0.619. The highest BCUT2D eigenvalue weighted by Crippen LogP contribution is 2.28. The van der Waals surface area contributed by atoms with E-state index in [-0.39, 0.29) is 24.7 Å². The van der Waals surface area contributed by atoms with E-state index in [1.165, 1.54) is 6.08 Å². The summed E-state index contributed by atoms with van der Waals surface area (Å²) in [6, 6.07) is 0. The van der Waals surface area contributed by atoms with E-state index in [1.54, 1.807) is 38.7 Å². The van der Waals surface area contributed by atoms with Gasteiger partial charge in [0.2, 0.25) is 0 Å². The normalized spacial score (nSPS) is 21.0. The number of carbonyl (C=O) groups is 2. The summed E-state index contributed by atoms with van der Waals surface area (Å²) < 4.78 is 52.5. The summed E-state index contributed by atoms with van der Waals surface area (Å²) in [6.45, 7) is 9.43. The van der Waals surface area contributed by atoms with Gasteiger partial charge in [0.15, 0.2) is 0 Å². The maximum absolute atomic E-state index is 12.7. The van der Waals surface area contributed by atoms with Crippen molar-refractivity contribution in [2.24, 2.45) is 0 Å². The number of amides is 1. The standard InChI is InChI=1S/C20H29F3N2O5/c1-5-28-17(26)15-10-14(11-16(12-15)29-20(21,22)23)13-24-6-8-25(9-7-24)18(27)30-19(2,3)4/h10-11,16H,5-9,12-13H2,1-4H3. The molecule has 0 aromatic heterocycles. The maximum Gasteiger partial charge on any atom is 0.523 e. The number of piperazine rings is 1. The van der Waals surface area contributed by atoms with Gasteiger partial charge < -0.3 is 14.4 Å². The summed E-state index contributed by atoms with van der Waals surface area (Å²) in [6.07, 6.45) is -3.73. The van der Waals surface area contributed by atoms with Crippen LogP contribution in [0.1, 0.15) is 34.1 Å². The first-order valence-corrected chi connectivity index (χ1v) is 9.89. The number of ether oxygens (including phenoxy) is 3. The topological polar surface area (TPSA) is 68.3 Å². The summed E-state index contributed by atoms with van der Waals surface area (Å²) >= 11 is 0. The molecule has 1 unspecified atom stereocenters. The van der Waals surface area contributed by atoms with Crippen LogP contribution in [0.2, 0.25) is 0 Å². The van der Waals surface area contributed by atoms with E-state index in [9.17, 15) is 22.8 Å². The lowest BCUT2D eigenvalue weighted by molar-refractivity contribution is -0.336. The zero-order valence-electron chi connectivity index (χ0n) is 17.8. The predicted octanol–water partition coefficient (Wildman–Crippen LogP) is 3.26. The first-order chi connectivity index (χ1) is 13.9. The summed E-state index contributed by atoms with van der Waals surface area (Å²) in [5.41, 5.74) is 0.114. The number of nitrogens with zero attached hydrogens (tertiary/aromatic N) is 2. The Morgan fingerprint density at radius 2 is 1.77 bits per heavy atom. The molecule has 0 spiro atoms. The van der Waals surface area contributed by atoms with E-state index in [2.05, 4.69) is 4.74 Å². The maximum atomic E-state index is 12.7. The summed E-state index contributed by atoms with van der Waals surface area (Å²) in [5.74, 6) is -0.645. The molecule has 0 bridgehead atoms. The Labute approximate surface area is 174 Å². The third-order valence-corrected chi connectivity index (χ3v) is 4.43. The molecule has 1 aliphatic carbocycles. The first-order valence-electron chi connectivity index (χ1n) is 9.89. The molecule has 0 N–H and O–H groups in total. The first kappa shape index (κ1) is 24.2. The van der Waals surface area contributed by atoms with Gasteiger partial charge in [-0.05, 0) is 39.3 Å². The lowest BCUT2D eigenvalue weighted by Crippen LogP contribution is -2.50. The van der Waals surface area contributed by atoms with Gasteiger partial charge >= 0.3 is 18.4 Å². The minimum atomic E-state index is -4.80. The molecule has 0 radical (unpaired) electrons. The molecule has 10 heteroatoms. The van der Waals surface area contributed by atoms with Crippen LogP contribution >= 0.6 is 0 Å². The SMILES string of the molecule is CCOC(=O)C1=CC(CN2CCN(C(=O)OC(C)(C)C)CC2)=CC(OC(F)(F)F)C1. The molecule has 1 aliphatic heterocycles. The Morgan fingerprint density at radius 1 is 1.13 bits per heavy atom. The van der Waals surface area contributed by atoms with E-state index in [0.717, 1.165) is 0 Å². The van der Waals surface area contributed by atoms with Gasteiger partial charge in [-0.1, -0.05) is 6.08 Å². The van der Waals surface area contributed by atoms with Crippen LogP contribution in [-0.2, 0) is 19.0 Å². The molecule has 30 heavy (non-hydrogen) atoms. The number of esters is 1. The number of rotatable bonds is 5. The van der Waals surface area contributed by atoms with Crippen LogP contribution in [0.3, 0.4) is 0 Å². The summed E-state index contributed by atoms with van der Waals surface area (Å²) in [4.78, 5) is 27.8. The highest BCUT2D eigenvalue weighted by Gasteiger charge is 2.35. The van der Waals surface area contributed by atoms with Crippen LogP contribution in [0.5, 0.6) is 0 Å². The van der Waals surface area contributed by atoms with Gasteiger partial charge in [-0.2, -0.15) is 0 Å². The molecule has 170 valence electrons. The van der Waals surface area contributed by atoms with Crippen molar-refractivity contribution in [2.45, 2.75) is 52.2 Å². The number of carbonyl (C=O) groups excluding carboxylic acids is 2. The fourth-order valence-corrected chi connectivity index (χ4v) is 3.23. The van der Waals surface area contributed by atoms with Crippen LogP contribution in [-0.4, -0.2) is 79.3 Å². The van der Waals surface area contributed by atoms with Gasteiger partial charge in [0.25, 0.3) is 0 Å². The lowest BCUT2D eigenvalue weighted by atomic mass is 9.96. The second kappa shape index (κ2) is 9.82. The second-order valence-electron chi connectivity index (χ2n) is 8.18. The predicted molar refractivity (Wildman–Crippen MR) is 103 cm³/mol. The third kappa shape index (κ3) is 7.98.